The maximum absolute atomic E-state index is 6.28. The van der Waals surface area contributed by atoms with E-state index in [4.69, 9.17) is 23.2 Å². The second-order valence-electron chi connectivity index (χ2n) is 4.05. The molecule has 0 saturated heterocycles. The van der Waals surface area contributed by atoms with E-state index in [1.165, 1.54) is 0 Å². The highest BCUT2D eigenvalue weighted by molar-refractivity contribution is 9.11. The van der Waals surface area contributed by atoms with Gasteiger partial charge in [0.25, 0.3) is 0 Å². The van der Waals surface area contributed by atoms with Crippen molar-refractivity contribution >= 4 is 55.1 Å². The molecule has 1 N–H and O–H groups in total. The standard InChI is InChI=1S/C14H11Br2Cl2N/c1-19-14(10-4-2-8(15)6-12(10)16)11-7-9(17)3-5-13(11)18/h2-7,14,19H,1H3. The van der Waals surface area contributed by atoms with Crippen molar-refractivity contribution in [2.24, 2.45) is 0 Å². The van der Waals surface area contributed by atoms with E-state index >= 15 is 0 Å². The Morgan fingerprint density at radius 3 is 2.37 bits per heavy atom. The molecule has 0 aliphatic carbocycles. The van der Waals surface area contributed by atoms with Crippen LogP contribution in [0.1, 0.15) is 17.2 Å². The van der Waals surface area contributed by atoms with Crippen LogP contribution in [0.5, 0.6) is 0 Å². The van der Waals surface area contributed by atoms with Crippen LogP contribution in [0.15, 0.2) is 45.3 Å². The summed E-state index contributed by atoms with van der Waals surface area (Å²) in [4.78, 5) is 0. The van der Waals surface area contributed by atoms with Gasteiger partial charge in [0.05, 0.1) is 6.04 Å². The minimum atomic E-state index is -0.0197. The van der Waals surface area contributed by atoms with E-state index in [0.29, 0.717) is 10.0 Å². The summed E-state index contributed by atoms with van der Waals surface area (Å²) < 4.78 is 2.03. The number of halogens is 4. The van der Waals surface area contributed by atoms with Crippen LogP contribution in [0, 0.1) is 0 Å². The van der Waals surface area contributed by atoms with Crippen molar-refractivity contribution < 1.29 is 0 Å². The summed E-state index contributed by atoms with van der Waals surface area (Å²) in [6.45, 7) is 0. The third-order valence-electron chi connectivity index (χ3n) is 2.83. The molecule has 0 fully saturated rings. The maximum Gasteiger partial charge on any atom is 0.0600 e. The predicted molar refractivity (Wildman–Crippen MR) is 89.2 cm³/mol. The first-order chi connectivity index (χ1) is 9.02. The minimum absolute atomic E-state index is 0.0197. The lowest BCUT2D eigenvalue weighted by molar-refractivity contribution is 0.689. The van der Waals surface area contributed by atoms with Gasteiger partial charge in [0.2, 0.25) is 0 Å². The Kier molecular flexibility index (Phi) is 5.32. The highest BCUT2D eigenvalue weighted by atomic mass is 79.9. The Bertz CT molecular complexity index is 602. The highest BCUT2D eigenvalue weighted by Gasteiger charge is 2.18. The zero-order chi connectivity index (χ0) is 14.0. The Morgan fingerprint density at radius 2 is 1.74 bits per heavy atom. The number of hydrogen-bond donors (Lipinski definition) is 1. The molecule has 0 aliphatic heterocycles. The molecule has 2 aromatic rings. The first-order valence-corrected chi connectivity index (χ1v) is 7.94. The molecule has 0 spiro atoms. The summed E-state index contributed by atoms with van der Waals surface area (Å²) in [5, 5.41) is 4.64. The van der Waals surface area contributed by atoms with Gasteiger partial charge in [-0.1, -0.05) is 61.1 Å². The van der Waals surface area contributed by atoms with Crippen LogP contribution in [-0.2, 0) is 0 Å². The molecule has 100 valence electrons. The van der Waals surface area contributed by atoms with Gasteiger partial charge in [-0.05, 0) is 48.5 Å². The van der Waals surface area contributed by atoms with Crippen LogP contribution in [-0.4, -0.2) is 7.05 Å². The van der Waals surface area contributed by atoms with Crippen molar-refractivity contribution in [3.8, 4) is 0 Å². The molecular formula is C14H11Br2Cl2N. The molecule has 0 amide bonds. The van der Waals surface area contributed by atoms with Gasteiger partial charge < -0.3 is 5.32 Å². The van der Waals surface area contributed by atoms with Gasteiger partial charge in [-0.15, -0.1) is 0 Å². The molecule has 0 radical (unpaired) electrons. The van der Waals surface area contributed by atoms with E-state index in [1.54, 1.807) is 6.07 Å². The van der Waals surface area contributed by atoms with E-state index in [2.05, 4.69) is 37.2 Å². The zero-order valence-corrected chi connectivity index (χ0v) is 14.7. The molecule has 0 bridgehead atoms. The summed E-state index contributed by atoms with van der Waals surface area (Å²) in [5.41, 5.74) is 2.06. The van der Waals surface area contributed by atoms with Crippen molar-refractivity contribution in [3.05, 3.63) is 66.5 Å². The molecule has 5 heteroatoms. The molecule has 19 heavy (non-hydrogen) atoms. The van der Waals surface area contributed by atoms with Gasteiger partial charge in [-0.2, -0.15) is 0 Å². The monoisotopic (exact) mass is 421 g/mol. The first kappa shape index (κ1) is 15.3. The summed E-state index contributed by atoms with van der Waals surface area (Å²) in [6.07, 6.45) is 0. The predicted octanol–water partition coefficient (Wildman–Crippen LogP) is 5.83. The SMILES string of the molecule is CNC(c1cc(Cl)ccc1Cl)c1ccc(Br)cc1Br. The van der Waals surface area contributed by atoms with Gasteiger partial charge in [-0.25, -0.2) is 0 Å². The number of hydrogen-bond acceptors (Lipinski definition) is 1. The molecule has 0 saturated carbocycles. The highest BCUT2D eigenvalue weighted by Crippen LogP contribution is 2.34. The van der Waals surface area contributed by atoms with E-state index in [-0.39, 0.29) is 6.04 Å². The molecule has 1 nitrogen and oxygen atoms in total. The second kappa shape index (κ2) is 6.59. The smallest absolute Gasteiger partial charge is 0.0600 e. The lowest BCUT2D eigenvalue weighted by Crippen LogP contribution is -2.18. The Balaban J connectivity index is 2.52. The average molecular weight is 424 g/mol. The quantitative estimate of drug-likeness (QED) is 0.655. The summed E-state index contributed by atoms with van der Waals surface area (Å²) >= 11 is 19.4. The van der Waals surface area contributed by atoms with Crippen LogP contribution in [0.4, 0.5) is 0 Å². The molecule has 2 rings (SSSR count). The van der Waals surface area contributed by atoms with Gasteiger partial charge in [0, 0.05) is 19.0 Å². The average Bonchev–Trinajstić information content (AvgIpc) is 2.36. The largest absolute Gasteiger partial charge is 0.309 e. The van der Waals surface area contributed by atoms with Crippen LogP contribution in [0.3, 0.4) is 0 Å². The van der Waals surface area contributed by atoms with Crippen LogP contribution < -0.4 is 5.32 Å². The van der Waals surface area contributed by atoms with E-state index in [9.17, 15) is 0 Å². The normalized spacial score (nSPS) is 12.5. The van der Waals surface area contributed by atoms with Crippen LogP contribution in [0.2, 0.25) is 10.0 Å². The van der Waals surface area contributed by atoms with Gasteiger partial charge in [0.15, 0.2) is 0 Å². The van der Waals surface area contributed by atoms with Crippen LogP contribution >= 0.6 is 55.1 Å². The lowest BCUT2D eigenvalue weighted by atomic mass is 9.99. The third kappa shape index (κ3) is 3.53. The van der Waals surface area contributed by atoms with Gasteiger partial charge in [0.1, 0.15) is 0 Å². The Morgan fingerprint density at radius 1 is 1.00 bits per heavy atom. The van der Waals surface area contributed by atoms with Crippen LogP contribution in [0.25, 0.3) is 0 Å². The Labute approximate surface area is 139 Å². The van der Waals surface area contributed by atoms with Crippen molar-refractivity contribution in [3.63, 3.8) is 0 Å². The molecule has 2 aromatic carbocycles. The fraction of sp³-hybridized carbons (Fsp3) is 0.143. The Hall–Kier alpha value is -0.0600. The third-order valence-corrected chi connectivity index (χ3v) is 4.59. The van der Waals surface area contributed by atoms with Crippen molar-refractivity contribution in [2.75, 3.05) is 7.05 Å². The molecule has 0 heterocycles. The summed E-state index contributed by atoms with van der Waals surface area (Å²) in [5.74, 6) is 0. The lowest BCUT2D eigenvalue weighted by Gasteiger charge is -2.20. The summed E-state index contributed by atoms with van der Waals surface area (Å²) in [6, 6.07) is 11.5. The molecular weight excluding hydrogens is 413 g/mol. The van der Waals surface area contributed by atoms with Gasteiger partial charge in [-0.3, -0.25) is 0 Å². The number of rotatable bonds is 3. The topological polar surface area (TPSA) is 12.0 Å². The van der Waals surface area contributed by atoms with Gasteiger partial charge >= 0.3 is 0 Å². The first-order valence-electron chi connectivity index (χ1n) is 5.60. The molecule has 0 aliphatic rings. The molecule has 1 atom stereocenters. The van der Waals surface area contributed by atoms with Crippen molar-refractivity contribution in [1.29, 1.82) is 0 Å². The van der Waals surface area contributed by atoms with E-state index in [1.807, 2.05) is 37.4 Å². The van der Waals surface area contributed by atoms with Crippen molar-refractivity contribution in [2.45, 2.75) is 6.04 Å². The number of benzene rings is 2. The van der Waals surface area contributed by atoms with Crippen molar-refractivity contribution in [1.82, 2.24) is 5.32 Å². The molecule has 0 aromatic heterocycles. The van der Waals surface area contributed by atoms with E-state index < -0.39 is 0 Å². The maximum atomic E-state index is 6.28. The fourth-order valence-electron chi connectivity index (χ4n) is 1.95. The molecule has 1 unspecified atom stereocenters. The minimum Gasteiger partial charge on any atom is -0.309 e. The van der Waals surface area contributed by atoms with E-state index in [0.717, 1.165) is 20.1 Å². The summed E-state index contributed by atoms with van der Waals surface area (Å²) in [7, 11) is 1.90. The number of nitrogens with one attached hydrogen (secondary N) is 1. The fourth-order valence-corrected chi connectivity index (χ4v) is 3.63. The second-order valence-corrected chi connectivity index (χ2v) is 6.67. The zero-order valence-electron chi connectivity index (χ0n) is 10.1.